The number of aryl methyl sites for hydroxylation is 1. The van der Waals surface area contributed by atoms with Crippen molar-refractivity contribution in [2.75, 3.05) is 14.1 Å². The van der Waals surface area contributed by atoms with Gasteiger partial charge in [0.15, 0.2) is 0 Å². The van der Waals surface area contributed by atoms with E-state index in [2.05, 4.69) is 0 Å². The smallest absolute Gasteiger partial charge is 0.372 e. The lowest BCUT2D eigenvalue weighted by Crippen LogP contribution is -2.22. The van der Waals surface area contributed by atoms with Crippen molar-refractivity contribution < 1.29 is 22.7 Å². The van der Waals surface area contributed by atoms with Crippen LogP contribution in [-0.2, 0) is 10.0 Å². The van der Waals surface area contributed by atoms with Crippen molar-refractivity contribution >= 4 is 27.0 Å². The van der Waals surface area contributed by atoms with E-state index in [1.165, 1.54) is 32.3 Å². The molecule has 0 spiro atoms. The second-order valence-electron chi connectivity index (χ2n) is 4.31. The fourth-order valence-corrected chi connectivity index (χ4v) is 2.70. The minimum absolute atomic E-state index is 0.103. The number of furan rings is 1. The van der Waals surface area contributed by atoms with Gasteiger partial charge < -0.3 is 9.52 Å². The van der Waals surface area contributed by atoms with Crippen molar-refractivity contribution in [2.45, 2.75) is 11.8 Å². The fraction of sp³-hybridized carbons (Fsp3) is 0.250. The highest BCUT2D eigenvalue weighted by Crippen LogP contribution is 2.28. The zero-order valence-corrected chi connectivity index (χ0v) is 11.5. The molecule has 0 saturated heterocycles. The van der Waals surface area contributed by atoms with E-state index in [1.807, 2.05) is 0 Å². The van der Waals surface area contributed by atoms with E-state index in [4.69, 9.17) is 9.52 Å². The zero-order chi connectivity index (χ0) is 14.4. The normalized spacial score (nSPS) is 12.2. The third-order valence-electron chi connectivity index (χ3n) is 2.88. The molecule has 2 rings (SSSR count). The largest absolute Gasteiger partial charge is 0.475 e. The number of hydrogen-bond donors (Lipinski definition) is 1. The third-order valence-corrected chi connectivity index (χ3v) is 4.69. The summed E-state index contributed by atoms with van der Waals surface area (Å²) in [6.45, 7) is 1.58. The highest BCUT2D eigenvalue weighted by Gasteiger charge is 2.21. The standard InChI is InChI=1S/C12H13NO5S/c1-7-9-6-8(19(16,17)13(2)3)4-5-10(9)18-11(7)12(14)15/h4-6H,1-3H3,(H,14,15). The van der Waals surface area contributed by atoms with Crippen LogP contribution in [0.5, 0.6) is 0 Å². The molecule has 0 atom stereocenters. The highest BCUT2D eigenvalue weighted by molar-refractivity contribution is 7.89. The Morgan fingerprint density at radius 3 is 2.47 bits per heavy atom. The molecule has 0 radical (unpaired) electrons. The van der Waals surface area contributed by atoms with Crippen molar-refractivity contribution in [1.82, 2.24) is 4.31 Å². The molecular formula is C12H13NO5S. The lowest BCUT2D eigenvalue weighted by atomic mass is 10.1. The van der Waals surface area contributed by atoms with Crippen LogP contribution in [0.3, 0.4) is 0 Å². The number of carboxylic acid groups (broad SMARTS) is 1. The molecule has 1 aromatic carbocycles. The predicted octanol–water partition coefficient (Wildman–Crippen LogP) is 1.69. The quantitative estimate of drug-likeness (QED) is 0.926. The molecule has 7 heteroatoms. The van der Waals surface area contributed by atoms with Gasteiger partial charge in [0.25, 0.3) is 0 Å². The van der Waals surface area contributed by atoms with Gasteiger partial charge in [-0.15, -0.1) is 0 Å². The molecule has 0 saturated carbocycles. The number of carboxylic acids is 1. The van der Waals surface area contributed by atoms with Gasteiger partial charge in [-0.25, -0.2) is 17.5 Å². The molecular weight excluding hydrogens is 270 g/mol. The molecule has 0 aliphatic heterocycles. The van der Waals surface area contributed by atoms with Crippen molar-refractivity contribution in [1.29, 1.82) is 0 Å². The van der Waals surface area contributed by atoms with E-state index in [0.717, 1.165) is 4.31 Å². The summed E-state index contributed by atoms with van der Waals surface area (Å²) < 4.78 is 30.3. The number of rotatable bonds is 3. The molecule has 1 N–H and O–H groups in total. The Balaban J connectivity index is 2.71. The van der Waals surface area contributed by atoms with Crippen molar-refractivity contribution in [3.8, 4) is 0 Å². The average molecular weight is 283 g/mol. The van der Waals surface area contributed by atoms with E-state index >= 15 is 0 Å². The Labute approximate surface area is 110 Å². The Kier molecular flexibility index (Phi) is 3.11. The minimum atomic E-state index is -3.55. The number of aromatic carboxylic acids is 1. The van der Waals surface area contributed by atoms with E-state index in [0.29, 0.717) is 16.5 Å². The Morgan fingerprint density at radius 2 is 1.95 bits per heavy atom. The number of benzene rings is 1. The van der Waals surface area contributed by atoms with Crippen molar-refractivity contribution in [2.24, 2.45) is 0 Å². The van der Waals surface area contributed by atoms with E-state index in [1.54, 1.807) is 6.92 Å². The van der Waals surface area contributed by atoms with Gasteiger partial charge in [-0.05, 0) is 25.1 Å². The number of nitrogens with zero attached hydrogens (tertiary/aromatic N) is 1. The van der Waals surface area contributed by atoms with Crippen LogP contribution in [0.25, 0.3) is 11.0 Å². The number of hydrogen-bond acceptors (Lipinski definition) is 4. The number of fused-ring (bicyclic) bond motifs is 1. The van der Waals surface area contributed by atoms with Crippen molar-refractivity contribution in [3.63, 3.8) is 0 Å². The first-order valence-corrected chi connectivity index (χ1v) is 6.88. The van der Waals surface area contributed by atoms with Gasteiger partial charge in [-0.2, -0.15) is 0 Å². The summed E-state index contributed by atoms with van der Waals surface area (Å²) in [7, 11) is -0.682. The van der Waals surface area contributed by atoms with Gasteiger partial charge in [-0.3, -0.25) is 0 Å². The summed E-state index contributed by atoms with van der Waals surface area (Å²) in [5.74, 6) is -1.35. The topological polar surface area (TPSA) is 87.8 Å². The lowest BCUT2D eigenvalue weighted by molar-refractivity contribution is 0.0664. The molecule has 0 amide bonds. The Hall–Kier alpha value is -1.86. The van der Waals surface area contributed by atoms with Crippen LogP contribution in [0.4, 0.5) is 0 Å². The number of sulfonamides is 1. The van der Waals surface area contributed by atoms with Gasteiger partial charge in [0.1, 0.15) is 5.58 Å². The van der Waals surface area contributed by atoms with Crippen LogP contribution in [0, 0.1) is 6.92 Å². The molecule has 102 valence electrons. The monoisotopic (exact) mass is 283 g/mol. The van der Waals surface area contributed by atoms with Crippen LogP contribution < -0.4 is 0 Å². The molecule has 0 bridgehead atoms. The summed E-state index contributed by atoms with van der Waals surface area (Å²) in [6, 6.07) is 4.29. The fourth-order valence-electron chi connectivity index (χ4n) is 1.78. The van der Waals surface area contributed by atoms with Crippen molar-refractivity contribution in [3.05, 3.63) is 29.5 Å². The van der Waals surface area contributed by atoms with E-state index < -0.39 is 16.0 Å². The first kappa shape index (κ1) is 13.6. The predicted molar refractivity (Wildman–Crippen MR) is 68.8 cm³/mol. The van der Waals surface area contributed by atoms with Crippen LogP contribution in [-0.4, -0.2) is 37.9 Å². The van der Waals surface area contributed by atoms with Gasteiger partial charge in [0.05, 0.1) is 4.90 Å². The molecule has 6 nitrogen and oxygen atoms in total. The van der Waals surface area contributed by atoms with Crippen LogP contribution >= 0.6 is 0 Å². The summed E-state index contributed by atoms with van der Waals surface area (Å²) in [5.41, 5.74) is 0.769. The third kappa shape index (κ3) is 2.11. The molecule has 19 heavy (non-hydrogen) atoms. The zero-order valence-electron chi connectivity index (χ0n) is 10.7. The number of carbonyl (C=O) groups is 1. The van der Waals surface area contributed by atoms with E-state index in [9.17, 15) is 13.2 Å². The second kappa shape index (κ2) is 4.36. The average Bonchev–Trinajstić information content (AvgIpc) is 2.66. The highest BCUT2D eigenvalue weighted by atomic mass is 32.2. The molecule has 1 aromatic heterocycles. The Morgan fingerprint density at radius 1 is 1.32 bits per heavy atom. The molecule has 0 aliphatic rings. The van der Waals surface area contributed by atoms with Gasteiger partial charge in [0, 0.05) is 25.0 Å². The molecule has 1 heterocycles. The second-order valence-corrected chi connectivity index (χ2v) is 6.46. The molecule has 0 fully saturated rings. The molecule has 2 aromatic rings. The van der Waals surface area contributed by atoms with E-state index in [-0.39, 0.29) is 10.7 Å². The minimum Gasteiger partial charge on any atom is -0.475 e. The molecule has 0 aliphatic carbocycles. The van der Waals surface area contributed by atoms with Gasteiger partial charge in [-0.1, -0.05) is 0 Å². The van der Waals surface area contributed by atoms with Gasteiger partial charge >= 0.3 is 5.97 Å². The summed E-state index contributed by atoms with van der Waals surface area (Å²) >= 11 is 0. The Bertz CT molecular complexity index is 758. The first-order valence-electron chi connectivity index (χ1n) is 5.44. The van der Waals surface area contributed by atoms with Crippen LogP contribution in [0.1, 0.15) is 16.1 Å². The summed E-state index contributed by atoms with van der Waals surface area (Å²) in [5, 5.41) is 9.45. The summed E-state index contributed by atoms with van der Waals surface area (Å²) in [6.07, 6.45) is 0. The maximum Gasteiger partial charge on any atom is 0.372 e. The SMILES string of the molecule is Cc1c(C(=O)O)oc2ccc(S(=O)(=O)N(C)C)cc12. The summed E-state index contributed by atoms with van der Waals surface area (Å²) in [4.78, 5) is 11.1. The maximum atomic E-state index is 12.0. The lowest BCUT2D eigenvalue weighted by Gasteiger charge is -2.10. The van der Waals surface area contributed by atoms with Crippen LogP contribution in [0.2, 0.25) is 0 Å². The van der Waals surface area contributed by atoms with Crippen LogP contribution in [0.15, 0.2) is 27.5 Å². The maximum absolute atomic E-state index is 12.0. The molecule has 0 unspecified atom stereocenters. The first-order chi connectivity index (χ1) is 8.75. The van der Waals surface area contributed by atoms with Gasteiger partial charge in [0.2, 0.25) is 15.8 Å².